The Morgan fingerprint density at radius 1 is 1.33 bits per heavy atom. The summed E-state index contributed by atoms with van der Waals surface area (Å²) in [4.78, 5) is 26.4. The van der Waals surface area contributed by atoms with Gasteiger partial charge in [0, 0.05) is 29.7 Å². The van der Waals surface area contributed by atoms with Crippen LogP contribution < -0.4 is 10.2 Å². The van der Waals surface area contributed by atoms with E-state index in [1.54, 1.807) is 23.3 Å². The van der Waals surface area contributed by atoms with Gasteiger partial charge in [0.15, 0.2) is 0 Å². The van der Waals surface area contributed by atoms with Gasteiger partial charge in [0.2, 0.25) is 11.8 Å². The summed E-state index contributed by atoms with van der Waals surface area (Å²) in [5.41, 5.74) is 2.83. The average molecular weight is 300 g/mol. The van der Waals surface area contributed by atoms with E-state index in [1.165, 1.54) is 0 Å². The van der Waals surface area contributed by atoms with Crippen LogP contribution in [0, 0.1) is 0 Å². The molecule has 1 aromatic heterocycles. The first kappa shape index (κ1) is 13.8. The van der Waals surface area contributed by atoms with Crippen LogP contribution in [0.4, 0.5) is 11.4 Å². The zero-order chi connectivity index (χ0) is 14.8. The van der Waals surface area contributed by atoms with Gasteiger partial charge in [-0.1, -0.05) is 6.07 Å². The summed E-state index contributed by atoms with van der Waals surface area (Å²) >= 11 is 1.58. The molecule has 2 aromatic rings. The molecule has 2 heterocycles. The summed E-state index contributed by atoms with van der Waals surface area (Å²) in [5, 5.41) is 4.89. The standard InChI is InChI=1S/C16H16N2O2S/c1-18-14-6-5-12(9-11(14)4-7-16(18)20)17-15(19)10-13-3-2-8-21-13/h2-3,5-6,8-9H,4,7,10H2,1H3,(H,17,19). The summed E-state index contributed by atoms with van der Waals surface area (Å²) in [6.07, 6.45) is 1.65. The molecule has 1 aromatic carbocycles. The van der Waals surface area contributed by atoms with Crippen molar-refractivity contribution in [1.29, 1.82) is 0 Å². The molecule has 0 spiro atoms. The third-order valence-electron chi connectivity index (χ3n) is 3.62. The molecule has 4 nitrogen and oxygen atoms in total. The van der Waals surface area contributed by atoms with E-state index in [0.717, 1.165) is 28.2 Å². The van der Waals surface area contributed by atoms with Crippen LogP contribution >= 0.6 is 11.3 Å². The fourth-order valence-corrected chi connectivity index (χ4v) is 3.21. The average Bonchev–Trinajstić information content (AvgIpc) is 2.96. The minimum atomic E-state index is -0.0161. The second-order valence-electron chi connectivity index (χ2n) is 5.10. The SMILES string of the molecule is CN1C(=O)CCc2cc(NC(=O)Cc3cccs3)ccc21. The summed E-state index contributed by atoms with van der Waals surface area (Å²) in [6.45, 7) is 0. The highest BCUT2D eigenvalue weighted by Gasteiger charge is 2.20. The molecule has 108 valence electrons. The lowest BCUT2D eigenvalue weighted by atomic mass is 10.0. The van der Waals surface area contributed by atoms with Crippen LogP contribution in [0.15, 0.2) is 35.7 Å². The van der Waals surface area contributed by atoms with Crippen molar-refractivity contribution in [3.05, 3.63) is 46.2 Å². The number of fused-ring (bicyclic) bond motifs is 1. The van der Waals surface area contributed by atoms with E-state index in [9.17, 15) is 9.59 Å². The minimum Gasteiger partial charge on any atom is -0.326 e. The first-order valence-corrected chi connectivity index (χ1v) is 7.73. The topological polar surface area (TPSA) is 49.4 Å². The molecular formula is C16H16N2O2S. The van der Waals surface area contributed by atoms with Crippen molar-refractivity contribution in [2.45, 2.75) is 19.3 Å². The summed E-state index contributed by atoms with van der Waals surface area (Å²) in [7, 11) is 1.79. The number of nitrogens with one attached hydrogen (secondary N) is 1. The maximum atomic E-state index is 12.0. The molecule has 0 saturated heterocycles. The van der Waals surface area contributed by atoms with E-state index in [1.807, 2.05) is 35.7 Å². The Balaban J connectivity index is 1.72. The molecule has 1 aliphatic heterocycles. The molecule has 2 amide bonds. The van der Waals surface area contributed by atoms with Crippen LogP contribution in [0.1, 0.15) is 16.9 Å². The van der Waals surface area contributed by atoms with Crippen LogP contribution in [0.2, 0.25) is 0 Å². The highest BCUT2D eigenvalue weighted by molar-refractivity contribution is 7.10. The second kappa shape index (κ2) is 5.69. The van der Waals surface area contributed by atoms with Gasteiger partial charge in [-0.05, 0) is 41.6 Å². The van der Waals surface area contributed by atoms with Crippen molar-refractivity contribution in [2.24, 2.45) is 0 Å². The van der Waals surface area contributed by atoms with Crippen molar-refractivity contribution >= 4 is 34.5 Å². The van der Waals surface area contributed by atoms with Crippen molar-refractivity contribution in [3.8, 4) is 0 Å². The number of benzene rings is 1. The van der Waals surface area contributed by atoms with Crippen molar-refractivity contribution in [1.82, 2.24) is 0 Å². The first-order valence-electron chi connectivity index (χ1n) is 6.85. The normalized spacial score (nSPS) is 14.0. The quantitative estimate of drug-likeness (QED) is 0.947. The van der Waals surface area contributed by atoms with Crippen molar-refractivity contribution in [2.75, 3.05) is 17.3 Å². The van der Waals surface area contributed by atoms with Crippen LogP contribution in [0.25, 0.3) is 0 Å². The van der Waals surface area contributed by atoms with Gasteiger partial charge in [-0.3, -0.25) is 9.59 Å². The van der Waals surface area contributed by atoms with Crippen molar-refractivity contribution < 1.29 is 9.59 Å². The number of amides is 2. The molecule has 0 aliphatic carbocycles. The lowest BCUT2D eigenvalue weighted by Gasteiger charge is -2.26. The number of aryl methyl sites for hydroxylation is 1. The van der Waals surface area contributed by atoms with Gasteiger partial charge < -0.3 is 10.2 Å². The van der Waals surface area contributed by atoms with E-state index in [0.29, 0.717) is 12.8 Å². The smallest absolute Gasteiger partial charge is 0.229 e. The molecule has 3 rings (SSSR count). The molecule has 0 fully saturated rings. The fourth-order valence-electron chi connectivity index (χ4n) is 2.51. The van der Waals surface area contributed by atoms with Crippen LogP contribution in [0.5, 0.6) is 0 Å². The van der Waals surface area contributed by atoms with Gasteiger partial charge in [-0.15, -0.1) is 11.3 Å². The van der Waals surface area contributed by atoms with Gasteiger partial charge in [0.25, 0.3) is 0 Å². The Morgan fingerprint density at radius 2 is 2.19 bits per heavy atom. The van der Waals surface area contributed by atoms with Crippen LogP contribution in [-0.2, 0) is 22.4 Å². The number of hydrogen-bond acceptors (Lipinski definition) is 3. The number of anilines is 2. The Bertz CT molecular complexity index is 680. The monoisotopic (exact) mass is 300 g/mol. The first-order chi connectivity index (χ1) is 10.1. The molecule has 0 atom stereocenters. The Morgan fingerprint density at radius 3 is 2.95 bits per heavy atom. The molecule has 0 radical (unpaired) electrons. The van der Waals surface area contributed by atoms with Gasteiger partial charge in [0.05, 0.1) is 6.42 Å². The third kappa shape index (κ3) is 2.97. The molecule has 21 heavy (non-hydrogen) atoms. The van der Waals surface area contributed by atoms with Crippen LogP contribution in [-0.4, -0.2) is 18.9 Å². The molecule has 0 bridgehead atoms. The predicted octanol–water partition coefficient (Wildman–Crippen LogP) is 2.84. The zero-order valence-corrected chi connectivity index (χ0v) is 12.6. The summed E-state index contributed by atoms with van der Waals surface area (Å²) in [5.74, 6) is 0.120. The number of hydrogen-bond donors (Lipinski definition) is 1. The Labute approximate surface area is 127 Å². The predicted molar refractivity (Wildman–Crippen MR) is 84.8 cm³/mol. The molecule has 5 heteroatoms. The zero-order valence-electron chi connectivity index (χ0n) is 11.8. The second-order valence-corrected chi connectivity index (χ2v) is 6.13. The van der Waals surface area contributed by atoms with E-state index in [4.69, 9.17) is 0 Å². The summed E-state index contributed by atoms with van der Waals surface area (Å²) < 4.78 is 0. The highest BCUT2D eigenvalue weighted by Crippen LogP contribution is 2.29. The molecule has 0 saturated carbocycles. The number of carbonyl (C=O) groups is 2. The van der Waals surface area contributed by atoms with Gasteiger partial charge in [0.1, 0.15) is 0 Å². The van der Waals surface area contributed by atoms with E-state index < -0.39 is 0 Å². The number of nitrogens with zero attached hydrogens (tertiary/aromatic N) is 1. The number of thiophene rings is 1. The van der Waals surface area contributed by atoms with E-state index in [2.05, 4.69) is 5.32 Å². The molecule has 0 unspecified atom stereocenters. The Hall–Kier alpha value is -2.14. The molecule has 1 N–H and O–H groups in total. The number of rotatable bonds is 3. The highest BCUT2D eigenvalue weighted by atomic mass is 32.1. The minimum absolute atomic E-state index is 0.0161. The van der Waals surface area contributed by atoms with E-state index >= 15 is 0 Å². The van der Waals surface area contributed by atoms with Gasteiger partial charge in [-0.25, -0.2) is 0 Å². The van der Waals surface area contributed by atoms with Crippen LogP contribution in [0.3, 0.4) is 0 Å². The van der Waals surface area contributed by atoms with Crippen molar-refractivity contribution in [3.63, 3.8) is 0 Å². The summed E-state index contributed by atoms with van der Waals surface area (Å²) in [6, 6.07) is 9.61. The maximum absolute atomic E-state index is 12.0. The lowest BCUT2D eigenvalue weighted by Crippen LogP contribution is -2.31. The molecular weight excluding hydrogens is 284 g/mol. The maximum Gasteiger partial charge on any atom is 0.229 e. The molecule has 1 aliphatic rings. The fraction of sp³-hybridized carbons (Fsp3) is 0.250. The van der Waals surface area contributed by atoms with Gasteiger partial charge in [-0.2, -0.15) is 0 Å². The van der Waals surface area contributed by atoms with E-state index in [-0.39, 0.29) is 11.8 Å². The number of carbonyl (C=O) groups excluding carboxylic acids is 2. The third-order valence-corrected chi connectivity index (χ3v) is 4.50. The largest absolute Gasteiger partial charge is 0.326 e. The van der Waals surface area contributed by atoms with Gasteiger partial charge >= 0.3 is 0 Å². The lowest BCUT2D eigenvalue weighted by molar-refractivity contribution is -0.118. The Kier molecular flexibility index (Phi) is 3.75.